The van der Waals surface area contributed by atoms with Gasteiger partial charge in [-0.3, -0.25) is 9.88 Å². The van der Waals surface area contributed by atoms with Gasteiger partial charge in [-0.15, -0.1) is 0 Å². The zero-order chi connectivity index (χ0) is 13.1. The van der Waals surface area contributed by atoms with Crippen molar-refractivity contribution in [1.29, 1.82) is 0 Å². The molecule has 19 heavy (non-hydrogen) atoms. The first-order valence-electron chi connectivity index (χ1n) is 6.97. The molecule has 2 heterocycles. The number of hydrogen-bond donors (Lipinski definition) is 0. The number of pyridine rings is 1. The Morgan fingerprint density at radius 2 is 2.05 bits per heavy atom. The molecular formula is C16H19BrN2. The largest absolute Gasteiger partial charge is 0.299 e. The summed E-state index contributed by atoms with van der Waals surface area (Å²) in [7, 11) is 0. The third kappa shape index (κ3) is 3.15. The summed E-state index contributed by atoms with van der Waals surface area (Å²) in [5.41, 5.74) is 2.49. The van der Waals surface area contributed by atoms with Crippen LogP contribution in [0.4, 0.5) is 0 Å². The smallest absolute Gasteiger partial charge is 0.0702 e. The molecule has 1 aliphatic heterocycles. The molecule has 3 rings (SSSR count). The van der Waals surface area contributed by atoms with Crippen molar-refractivity contribution in [3.8, 4) is 0 Å². The second-order valence-electron chi connectivity index (χ2n) is 5.40. The predicted molar refractivity (Wildman–Crippen MR) is 83.5 cm³/mol. The monoisotopic (exact) mass is 318 g/mol. The lowest BCUT2D eigenvalue weighted by Gasteiger charge is -2.31. The zero-order valence-electron chi connectivity index (χ0n) is 11.1. The normalized spacial score (nSPS) is 17.9. The number of aromatic nitrogens is 1. The molecule has 100 valence electrons. The van der Waals surface area contributed by atoms with Crippen molar-refractivity contribution >= 4 is 26.8 Å². The topological polar surface area (TPSA) is 16.1 Å². The van der Waals surface area contributed by atoms with Gasteiger partial charge in [-0.05, 0) is 55.6 Å². The Bertz CT molecular complexity index is 547. The molecule has 2 aromatic rings. The van der Waals surface area contributed by atoms with E-state index in [9.17, 15) is 0 Å². The molecule has 0 aliphatic carbocycles. The van der Waals surface area contributed by atoms with Crippen LogP contribution in [-0.2, 0) is 6.54 Å². The van der Waals surface area contributed by atoms with Crippen LogP contribution >= 0.6 is 15.9 Å². The van der Waals surface area contributed by atoms with Crippen molar-refractivity contribution in [3.63, 3.8) is 0 Å². The molecule has 1 saturated heterocycles. The van der Waals surface area contributed by atoms with Gasteiger partial charge in [0.15, 0.2) is 0 Å². The van der Waals surface area contributed by atoms with Crippen molar-refractivity contribution < 1.29 is 0 Å². The van der Waals surface area contributed by atoms with Crippen molar-refractivity contribution in [1.82, 2.24) is 9.88 Å². The number of halogens is 1. The fraction of sp³-hybridized carbons (Fsp3) is 0.438. The molecular weight excluding hydrogens is 300 g/mol. The van der Waals surface area contributed by atoms with Gasteiger partial charge in [-0.1, -0.05) is 28.1 Å². The molecule has 1 aliphatic rings. The number of hydrogen-bond acceptors (Lipinski definition) is 2. The molecule has 0 radical (unpaired) electrons. The molecule has 0 amide bonds. The van der Waals surface area contributed by atoms with Gasteiger partial charge in [0.2, 0.25) is 0 Å². The van der Waals surface area contributed by atoms with E-state index in [1.54, 1.807) is 0 Å². The zero-order valence-corrected chi connectivity index (χ0v) is 12.6. The van der Waals surface area contributed by atoms with Crippen LogP contribution in [0.3, 0.4) is 0 Å². The predicted octanol–water partition coefficient (Wildman–Crippen LogP) is 3.84. The summed E-state index contributed by atoms with van der Waals surface area (Å²) in [5.74, 6) is 0.872. The highest BCUT2D eigenvalue weighted by Crippen LogP contribution is 2.21. The number of fused-ring (bicyclic) bond motifs is 1. The Hall–Kier alpha value is -0.930. The van der Waals surface area contributed by atoms with Gasteiger partial charge >= 0.3 is 0 Å². The van der Waals surface area contributed by atoms with Crippen molar-refractivity contribution in [2.45, 2.75) is 19.4 Å². The second-order valence-corrected chi connectivity index (χ2v) is 6.05. The summed E-state index contributed by atoms with van der Waals surface area (Å²) in [4.78, 5) is 6.94. The van der Waals surface area contributed by atoms with Gasteiger partial charge in [0.25, 0.3) is 0 Å². The average Bonchev–Trinajstić information content (AvgIpc) is 2.48. The first-order chi connectivity index (χ1) is 9.35. The maximum Gasteiger partial charge on any atom is 0.0702 e. The number of alkyl halides is 1. The number of piperidine rings is 1. The first kappa shape index (κ1) is 13.1. The summed E-state index contributed by atoms with van der Waals surface area (Å²) in [5, 5.41) is 2.40. The molecule has 1 aromatic heterocycles. The second kappa shape index (κ2) is 6.02. The minimum atomic E-state index is 0.872. The minimum Gasteiger partial charge on any atom is -0.299 e. The molecule has 2 nitrogen and oxygen atoms in total. The Morgan fingerprint density at radius 1 is 1.21 bits per heavy atom. The van der Waals surface area contributed by atoms with E-state index in [2.05, 4.69) is 50.1 Å². The van der Waals surface area contributed by atoms with Crippen LogP contribution in [-0.4, -0.2) is 28.3 Å². The molecule has 3 heteroatoms. The number of rotatable bonds is 3. The van der Waals surface area contributed by atoms with Crippen molar-refractivity contribution in [2.24, 2.45) is 5.92 Å². The molecule has 1 aromatic carbocycles. The third-order valence-electron chi connectivity index (χ3n) is 4.00. The van der Waals surface area contributed by atoms with E-state index >= 15 is 0 Å². The van der Waals surface area contributed by atoms with E-state index in [0.717, 1.165) is 23.3 Å². The fourth-order valence-electron chi connectivity index (χ4n) is 2.78. The summed E-state index contributed by atoms with van der Waals surface area (Å²) >= 11 is 3.60. The maximum absolute atomic E-state index is 4.37. The molecule has 0 atom stereocenters. The highest BCUT2D eigenvalue weighted by molar-refractivity contribution is 9.09. The average molecular weight is 319 g/mol. The molecule has 0 bridgehead atoms. The quantitative estimate of drug-likeness (QED) is 0.799. The minimum absolute atomic E-state index is 0.872. The SMILES string of the molecule is BrCC1CCN(Cc2ccc3ncccc3c2)CC1. The van der Waals surface area contributed by atoms with Crippen molar-refractivity contribution in [2.75, 3.05) is 18.4 Å². The number of likely N-dealkylation sites (tertiary alicyclic amines) is 1. The van der Waals surface area contributed by atoms with Gasteiger partial charge in [-0.2, -0.15) is 0 Å². The van der Waals surface area contributed by atoms with Gasteiger partial charge in [-0.25, -0.2) is 0 Å². The lowest BCUT2D eigenvalue weighted by Crippen LogP contribution is -2.33. The maximum atomic E-state index is 4.37. The van der Waals surface area contributed by atoms with Crippen molar-refractivity contribution in [3.05, 3.63) is 42.1 Å². The third-order valence-corrected chi connectivity index (χ3v) is 4.91. The summed E-state index contributed by atoms with van der Waals surface area (Å²) in [6.45, 7) is 3.52. The van der Waals surface area contributed by atoms with Crippen LogP contribution in [0.2, 0.25) is 0 Å². The van der Waals surface area contributed by atoms with Crippen LogP contribution in [0.25, 0.3) is 10.9 Å². The lowest BCUT2D eigenvalue weighted by molar-refractivity contribution is 0.187. The van der Waals surface area contributed by atoms with E-state index in [0.29, 0.717) is 0 Å². The Kier molecular flexibility index (Phi) is 4.14. The Balaban J connectivity index is 1.68. The number of nitrogens with zero attached hydrogens (tertiary/aromatic N) is 2. The highest BCUT2D eigenvalue weighted by atomic mass is 79.9. The number of benzene rings is 1. The molecule has 0 spiro atoms. The first-order valence-corrected chi connectivity index (χ1v) is 8.09. The van der Waals surface area contributed by atoms with Gasteiger partial charge in [0.05, 0.1) is 5.52 Å². The van der Waals surface area contributed by atoms with Crippen LogP contribution < -0.4 is 0 Å². The Labute approximate surface area is 123 Å². The van der Waals surface area contributed by atoms with E-state index in [1.165, 1.54) is 36.9 Å². The molecule has 0 unspecified atom stereocenters. The summed E-state index contributed by atoms with van der Waals surface area (Å²) < 4.78 is 0. The lowest BCUT2D eigenvalue weighted by atomic mass is 9.98. The van der Waals surface area contributed by atoms with Gasteiger partial charge < -0.3 is 0 Å². The molecule has 0 N–H and O–H groups in total. The molecule has 0 saturated carbocycles. The summed E-state index contributed by atoms with van der Waals surface area (Å²) in [6, 6.07) is 10.8. The summed E-state index contributed by atoms with van der Waals surface area (Å²) in [6.07, 6.45) is 4.49. The van der Waals surface area contributed by atoms with Crippen LogP contribution in [0, 0.1) is 5.92 Å². The van der Waals surface area contributed by atoms with Gasteiger partial charge in [0.1, 0.15) is 0 Å². The highest BCUT2D eigenvalue weighted by Gasteiger charge is 2.18. The Morgan fingerprint density at radius 3 is 2.84 bits per heavy atom. The van der Waals surface area contributed by atoms with E-state index in [1.807, 2.05) is 12.3 Å². The van der Waals surface area contributed by atoms with Crippen LogP contribution in [0.1, 0.15) is 18.4 Å². The van der Waals surface area contributed by atoms with Crippen LogP contribution in [0.5, 0.6) is 0 Å². The van der Waals surface area contributed by atoms with E-state index in [-0.39, 0.29) is 0 Å². The van der Waals surface area contributed by atoms with E-state index in [4.69, 9.17) is 0 Å². The van der Waals surface area contributed by atoms with E-state index < -0.39 is 0 Å². The van der Waals surface area contributed by atoms with Gasteiger partial charge in [0, 0.05) is 23.5 Å². The molecule has 1 fully saturated rings. The standard InChI is InChI=1S/C16H19BrN2/c17-11-13-5-8-19(9-6-13)12-14-3-4-16-15(10-14)2-1-7-18-16/h1-4,7,10,13H,5-6,8-9,11-12H2. The fourth-order valence-corrected chi connectivity index (χ4v) is 3.43. The van der Waals surface area contributed by atoms with Crippen LogP contribution in [0.15, 0.2) is 36.5 Å².